The maximum atomic E-state index is 12.4. The third-order valence-electron chi connectivity index (χ3n) is 14.3. The van der Waals surface area contributed by atoms with Crippen molar-refractivity contribution in [2.24, 2.45) is 0 Å². The molecule has 0 aliphatic heterocycles. The fraction of sp³-hybridized carbons (Fsp3) is 0.934. The summed E-state index contributed by atoms with van der Waals surface area (Å²) >= 11 is 0. The Kier molecular flexibility index (Phi) is 56.0. The van der Waals surface area contributed by atoms with E-state index < -0.39 is 12.1 Å². The second kappa shape index (κ2) is 57.2. The van der Waals surface area contributed by atoms with E-state index in [2.05, 4.69) is 31.3 Å². The van der Waals surface area contributed by atoms with Gasteiger partial charge in [0.05, 0.1) is 25.4 Å². The zero-order valence-corrected chi connectivity index (χ0v) is 45.4. The largest absolute Gasteiger partial charge is 0.466 e. The number of rotatable bonds is 57. The first-order valence-electron chi connectivity index (χ1n) is 30.4. The highest BCUT2D eigenvalue weighted by Gasteiger charge is 2.20. The van der Waals surface area contributed by atoms with E-state index in [-0.39, 0.29) is 18.5 Å². The second-order valence-electron chi connectivity index (χ2n) is 21.0. The van der Waals surface area contributed by atoms with Crippen molar-refractivity contribution >= 4 is 11.9 Å². The Bertz CT molecular complexity index is 1000. The maximum Gasteiger partial charge on any atom is 0.305 e. The molecule has 0 aliphatic rings. The van der Waals surface area contributed by atoms with Crippen LogP contribution in [0.15, 0.2) is 12.2 Å². The first-order valence-corrected chi connectivity index (χ1v) is 30.4. The molecule has 0 rings (SSSR count). The predicted molar refractivity (Wildman–Crippen MR) is 292 cm³/mol. The van der Waals surface area contributed by atoms with E-state index in [9.17, 15) is 19.8 Å². The van der Waals surface area contributed by atoms with Gasteiger partial charge < -0.3 is 20.3 Å². The fourth-order valence-corrected chi connectivity index (χ4v) is 9.64. The van der Waals surface area contributed by atoms with Gasteiger partial charge in [0.2, 0.25) is 5.91 Å². The van der Waals surface area contributed by atoms with Crippen molar-refractivity contribution in [1.82, 2.24) is 5.32 Å². The third-order valence-corrected chi connectivity index (χ3v) is 14.3. The summed E-state index contributed by atoms with van der Waals surface area (Å²) in [6.07, 6.45) is 67.9. The van der Waals surface area contributed by atoms with E-state index >= 15 is 0 Å². The number of ether oxygens (including phenoxy) is 1. The highest BCUT2D eigenvalue weighted by molar-refractivity contribution is 5.76. The Morgan fingerprint density at radius 1 is 0.403 bits per heavy atom. The van der Waals surface area contributed by atoms with E-state index in [1.54, 1.807) is 0 Å². The van der Waals surface area contributed by atoms with Crippen LogP contribution in [0.2, 0.25) is 0 Å². The van der Waals surface area contributed by atoms with Crippen LogP contribution in [0.25, 0.3) is 0 Å². The summed E-state index contributed by atoms with van der Waals surface area (Å²) in [5.41, 5.74) is 0. The molecule has 398 valence electrons. The first kappa shape index (κ1) is 65.6. The molecule has 2 unspecified atom stereocenters. The minimum absolute atomic E-state index is 0.0121. The van der Waals surface area contributed by atoms with Gasteiger partial charge in [0.25, 0.3) is 0 Å². The summed E-state index contributed by atoms with van der Waals surface area (Å²) in [6.45, 7) is 4.95. The van der Waals surface area contributed by atoms with Crippen molar-refractivity contribution in [2.75, 3.05) is 13.2 Å². The number of allylic oxidation sites excluding steroid dienone is 2. The number of esters is 1. The molecule has 0 aliphatic carbocycles. The molecular formula is C61H119NO5. The lowest BCUT2D eigenvalue weighted by atomic mass is 10.0. The molecule has 6 nitrogen and oxygen atoms in total. The van der Waals surface area contributed by atoms with Crippen molar-refractivity contribution in [3.05, 3.63) is 12.2 Å². The van der Waals surface area contributed by atoms with Gasteiger partial charge in [-0.25, -0.2) is 0 Å². The van der Waals surface area contributed by atoms with Crippen LogP contribution in [0.4, 0.5) is 0 Å². The van der Waals surface area contributed by atoms with Crippen molar-refractivity contribution in [3.63, 3.8) is 0 Å². The van der Waals surface area contributed by atoms with Crippen molar-refractivity contribution in [1.29, 1.82) is 0 Å². The van der Waals surface area contributed by atoms with E-state index in [0.29, 0.717) is 25.9 Å². The molecule has 0 bridgehead atoms. The Morgan fingerprint density at radius 2 is 0.701 bits per heavy atom. The molecule has 0 fully saturated rings. The van der Waals surface area contributed by atoms with Crippen LogP contribution in [-0.4, -0.2) is 47.4 Å². The Labute approximate surface area is 419 Å². The average molecular weight is 947 g/mol. The van der Waals surface area contributed by atoms with Gasteiger partial charge in [-0.1, -0.05) is 289 Å². The van der Waals surface area contributed by atoms with Crippen LogP contribution in [0.3, 0.4) is 0 Å². The molecule has 0 saturated heterocycles. The SMILES string of the molecule is CCCCCCCC/C=C\CCCCCCCCCCCC(=O)OCCCCCCCCCCCCCCCCCCCCCCCC(=O)NC(CO)C(O)CCCCCCCCCCCC. The van der Waals surface area contributed by atoms with Crippen LogP contribution in [0.1, 0.15) is 341 Å². The smallest absolute Gasteiger partial charge is 0.305 e. The fourth-order valence-electron chi connectivity index (χ4n) is 9.64. The molecule has 67 heavy (non-hydrogen) atoms. The number of amides is 1. The molecule has 0 saturated carbocycles. The van der Waals surface area contributed by atoms with E-state index in [1.807, 2.05) is 0 Å². The number of hydrogen-bond acceptors (Lipinski definition) is 5. The van der Waals surface area contributed by atoms with Gasteiger partial charge in [-0.15, -0.1) is 0 Å². The van der Waals surface area contributed by atoms with Crippen LogP contribution < -0.4 is 5.32 Å². The molecule has 0 aromatic heterocycles. The number of carbonyl (C=O) groups excluding carboxylic acids is 2. The standard InChI is InChI=1S/C61H119NO5/c1-3-5-7-9-11-13-15-16-17-18-22-26-29-32-35-39-43-47-51-55-61(66)67-56-52-48-44-40-36-33-30-27-24-21-19-20-23-25-28-31-34-38-42-46-50-54-60(65)62-58(57-63)59(64)53-49-45-41-37-14-12-10-8-6-4-2/h16-17,58-59,63-64H,3-15,18-57H2,1-2H3,(H,62,65)/b17-16-. The molecular weight excluding hydrogens is 827 g/mol. The zero-order chi connectivity index (χ0) is 48.6. The van der Waals surface area contributed by atoms with Crippen molar-refractivity contribution in [3.8, 4) is 0 Å². The first-order chi connectivity index (χ1) is 33.0. The van der Waals surface area contributed by atoms with Crippen molar-refractivity contribution < 1.29 is 24.5 Å². The molecule has 1 amide bonds. The second-order valence-corrected chi connectivity index (χ2v) is 21.0. The lowest BCUT2D eigenvalue weighted by molar-refractivity contribution is -0.143. The number of hydrogen-bond donors (Lipinski definition) is 3. The third kappa shape index (κ3) is 53.8. The lowest BCUT2D eigenvalue weighted by Crippen LogP contribution is -2.45. The molecule has 0 aromatic carbocycles. The summed E-state index contributed by atoms with van der Waals surface area (Å²) in [5, 5.41) is 23.1. The van der Waals surface area contributed by atoms with Crippen molar-refractivity contribution in [2.45, 2.75) is 353 Å². The van der Waals surface area contributed by atoms with E-state index in [4.69, 9.17) is 4.74 Å². The molecule has 2 atom stereocenters. The highest BCUT2D eigenvalue weighted by atomic mass is 16.5. The van der Waals surface area contributed by atoms with Crippen LogP contribution in [0.5, 0.6) is 0 Å². The molecule has 0 radical (unpaired) electrons. The van der Waals surface area contributed by atoms with Crippen LogP contribution in [-0.2, 0) is 14.3 Å². The maximum absolute atomic E-state index is 12.4. The molecule has 6 heteroatoms. The summed E-state index contributed by atoms with van der Waals surface area (Å²) in [5.74, 6) is -0.0241. The summed E-state index contributed by atoms with van der Waals surface area (Å²) in [7, 11) is 0. The molecule has 0 spiro atoms. The Hall–Kier alpha value is -1.40. The van der Waals surface area contributed by atoms with Crippen LogP contribution in [0, 0.1) is 0 Å². The average Bonchev–Trinajstić information content (AvgIpc) is 3.33. The van der Waals surface area contributed by atoms with Gasteiger partial charge in [-0.3, -0.25) is 9.59 Å². The lowest BCUT2D eigenvalue weighted by Gasteiger charge is -2.22. The van der Waals surface area contributed by atoms with Gasteiger partial charge in [0.1, 0.15) is 0 Å². The number of aliphatic hydroxyl groups is 2. The number of nitrogens with one attached hydrogen (secondary N) is 1. The minimum atomic E-state index is -0.662. The molecule has 0 aromatic rings. The number of unbranched alkanes of at least 4 members (excludes halogenated alkanes) is 44. The topological polar surface area (TPSA) is 95.9 Å². The van der Waals surface area contributed by atoms with Crippen LogP contribution >= 0.6 is 0 Å². The summed E-state index contributed by atoms with van der Waals surface area (Å²) in [4.78, 5) is 24.5. The highest BCUT2D eigenvalue weighted by Crippen LogP contribution is 2.18. The Morgan fingerprint density at radius 3 is 1.06 bits per heavy atom. The zero-order valence-electron chi connectivity index (χ0n) is 45.4. The Balaban J connectivity index is 3.33. The predicted octanol–water partition coefficient (Wildman–Crippen LogP) is 18.9. The van der Waals surface area contributed by atoms with Gasteiger partial charge >= 0.3 is 5.97 Å². The van der Waals surface area contributed by atoms with E-state index in [0.717, 1.165) is 44.9 Å². The van der Waals surface area contributed by atoms with Gasteiger partial charge in [0.15, 0.2) is 0 Å². The quantitative estimate of drug-likeness (QED) is 0.0321. The molecule has 3 N–H and O–H groups in total. The summed E-state index contributed by atoms with van der Waals surface area (Å²) in [6, 6.07) is -0.540. The van der Waals surface area contributed by atoms with Gasteiger partial charge in [0, 0.05) is 12.8 Å². The molecule has 0 heterocycles. The van der Waals surface area contributed by atoms with E-state index in [1.165, 1.54) is 263 Å². The monoisotopic (exact) mass is 946 g/mol. The van der Waals surface area contributed by atoms with Gasteiger partial charge in [-0.05, 0) is 51.4 Å². The summed E-state index contributed by atoms with van der Waals surface area (Å²) < 4.78 is 5.50. The minimum Gasteiger partial charge on any atom is -0.466 e. The van der Waals surface area contributed by atoms with Gasteiger partial charge in [-0.2, -0.15) is 0 Å². The number of carbonyl (C=O) groups is 2. The number of aliphatic hydroxyl groups excluding tert-OH is 2. The normalized spacial score (nSPS) is 12.6.